The second-order valence-corrected chi connectivity index (χ2v) is 6.53. The third-order valence-electron chi connectivity index (χ3n) is 5.20. The number of hydrogen-bond donors (Lipinski definition) is 2. The summed E-state index contributed by atoms with van der Waals surface area (Å²) in [5.41, 5.74) is 10.4. The van der Waals surface area contributed by atoms with Gasteiger partial charge >= 0.3 is 0 Å². The van der Waals surface area contributed by atoms with Gasteiger partial charge in [0.15, 0.2) is 0 Å². The maximum atomic E-state index is 11.3. The van der Waals surface area contributed by atoms with E-state index in [1.165, 1.54) is 22.3 Å². The van der Waals surface area contributed by atoms with Crippen molar-refractivity contribution in [3.8, 4) is 0 Å². The van der Waals surface area contributed by atoms with Gasteiger partial charge in [0, 0.05) is 6.42 Å². The highest BCUT2D eigenvalue weighted by atomic mass is 16.1. The largest absolute Gasteiger partial charge is 0.370 e. The average molecular weight is 308 g/mol. The minimum atomic E-state index is -0.228. The Hall–Kier alpha value is -2.13. The van der Waals surface area contributed by atoms with Gasteiger partial charge in [-0.3, -0.25) is 4.79 Å². The zero-order valence-corrected chi connectivity index (χ0v) is 13.8. The molecule has 0 heterocycles. The zero-order chi connectivity index (χ0) is 16.4. The number of benzene rings is 2. The molecule has 0 aromatic heterocycles. The predicted molar refractivity (Wildman–Crippen MR) is 93.3 cm³/mol. The molecule has 0 bridgehead atoms. The van der Waals surface area contributed by atoms with Crippen molar-refractivity contribution in [3.63, 3.8) is 0 Å². The van der Waals surface area contributed by atoms with Crippen LogP contribution in [0.4, 0.5) is 0 Å². The Balaban J connectivity index is 2.16. The van der Waals surface area contributed by atoms with E-state index in [0.29, 0.717) is 12.3 Å². The summed E-state index contributed by atoms with van der Waals surface area (Å²) in [4.78, 5) is 11.3. The molecule has 0 saturated carbocycles. The minimum Gasteiger partial charge on any atom is -0.370 e. The molecule has 1 amide bonds. The van der Waals surface area contributed by atoms with Crippen LogP contribution in [-0.4, -0.2) is 13.0 Å². The van der Waals surface area contributed by atoms with Crippen molar-refractivity contribution in [1.29, 1.82) is 0 Å². The Morgan fingerprint density at radius 2 is 1.83 bits per heavy atom. The van der Waals surface area contributed by atoms with Gasteiger partial charge in [0.05, 0.1) is 5.54 Å². The quantitative estimate of drug-likeness (QED) is 0.912. The van der Waals surface area contributed by atoms with E-state index in [0.717, 1.165) is 12.8 Å². The number of nitrogens with one attached hydrogen (secondary N) is 1. The first-order valence-corrected chi connectivity index (χ1v) is 8.21. The fraction of sp³-hybridized carbons (Fsp3) is 0.350. The third kappa shape index (κ3) is 2.77. The van der Waals surface area contributed by atoms with Gasteiger partial charge in [-0.15, -0.1) is 0 Å². The molecule has 0 unspecified atom stereocenters. The summed E-state index contributed by atoms with van der Waals surface area (Å²) in [6, 6.07) is 17.2. The zero-order valence-electron chi connectivity index (χ0n) is 13.8. The van der Waals surface area contributed by atoms with Crippen LogP contribution in [0.5, 0.6) is 0 Å². The smallest absolute Gasteiger partial charge is 0.217 e. The number of carbonyl (C=O) groups is 1. The summed E-state index contributed by atoms with van der Waals surface area (Å²) in [5.74, 6) is 0.0893. The van der Waals surface area contributed by atoms with Crippen LogP contribution in [0.25, 0.3) is 0 Å². The molecule has 3 N–H and O–H groups in total. The van der Waals surface area contributed by atoms with E-state index in [2.05, 4.69) is 60.8 Å². The summed E-state index contributed by atoms with van der Waals surface area (Å²) in [7, 11) is 2.01. The minimum absolute atomic E-state index is 0.226. The monoisotopic (exact) mass is 308 g/mol. The lowest BCUT2D eigenvalue weighted by Crippen LogP contribution is -2.38. The van der Waals surface area contributed by atoms with Gasteiger partial charge in [0.2, 0.25) is 5.91 Å². The van der Waals surface area contributed by atoms with Gasteiger partial charge in [-0.1, -0.05) is 48.5 Å². The first kappa shape index (κ1) is 15.8. The number of fused-ring (bicyclic) bond motifs is 2. The van der Waals surface area contributed by atoms with Crippen LogP contribution in [0.3, 0.4) is 0 Å². The van der Waals surface area contributed by atoms with Crippen LogP contribution in [0, 0.1) is 0 Å². The van der Waals surface area contributed by atoms with Crippen LogP contribution in [-0.2, 0) is 16.8 Å². The maximum Gasteiger partial charge on any atom is 0.217 e. The lowest BCUT2D eigenvalue weighted by Gasteiger charge is -2.32. The SMILES string of the molecule is CN[C@]1(C)c2ccccc2C[C@H](CCC(N)=O)c2ccccc21. The summed E-state index contributed by atoms with van der Waals surface area (Å²) >= 11 is 0. The van der Waals surface area contributed by atoms with Crippen LogP contribution in [0.1, 0.15) is 47.9 Å². The van der Waals surface area contributed by atoms with Gasteiger partial charge < -0.3 is 11.1 Å². The molecule has 0 spiro atoms. The fourth-order valence-electron chi connectivity index (χ4n) is 3.86. The second-order valence-electron chi connectivity index (χ2n) is 6.53. The van der Waals surface area contributed by atoms with E-state index >= 15 is 0 Å². The molecule has 2 aromatic rings. The number of amides is 1. The second kappa shape index (κ2) is 6.17. The first-order valence-electron chi connectivity index (χ1n) is 8.21. The van der Waals surface area contributed by atoms with Crippen LogP contribution in [0.2, 0.25) is 0 Å². The van der Waals surface area contributed by atoms with E-state index in [4.69, 9.17) is 5.73 Å². The highest BCUT2D eigenvalue weighted by Crippen LogP contribution is 2.42. The summed E-state index contributed by atoms with van der Waals surface area (Å²) in [5, 5.41) is 3.53. The van der Waals surface area contributed by atoms with Crippen molar-refractivity contribution in [2.45, 2.75) is 37.6 Å². The molecule has 1 aliphatic rings. The Bertz CT molecular complexity index is 725. The van der Waals surface area contributed by atoms with Gasteiger partial charge in [0.1, 0.15) is 0 Å². The van der Waals surface area contributed by atoms with E-state index in [9.17, 15) is 4.79 Å². The molecule has 0 saturated heterocycles. The Kier molecular flexibility index (Phi) is 4.22. The molecule has 0 aliphatic heterocycles. The van der Waals surface area contributed by atoms with Crippen molar-refractivity contribution in [2.75, 3.05) is 7.05 Å². The summed E-state index contributed by atoms with van der Waals surface area (Å²) < 4.78 is 0. The molecule has 2 atom stereocenters. The molecule has 120 valence electrons. The average Bonchev–Trinajstić information content (AvgIpc) is 2.68. The number of nitrogens with two attached hydrogens (primary N) is 1. The number of carbonyl (C=O) groups excluding carboxylic acids is 1. The normalized spacial score (nSPS) is 22.8. The van der Waals surface area contributed by atoms with E-state index in [-0.39, 0.29) is 11.4 Å². The van der Waals surface area contributed by atoms with Gasteiger partial charge in [-0.2, -0.15) is 0 Å². The predicted octanol–water partition coefficient (Wildman–Crippen LogP) is 3.07. The lowest BCUT2D eigenvalue weighted by atomic mass is 9.81. The molecule has 2 aromatic carbocycles. The van der Waals surface area contributed by atoms with Gasteiger partial charge in [-0.25, -0.2) is 0 Å². The van der Waals surface area contributed by atoms with E-state index in [1.807, 2.05) is 7.05 Å². The third-order valence-corrected chi connectivity index (χ3v) is 5.20. The maximum absolute atomic E-state index is 11.3. The van der Waals surface area contributed by atoms with Crippen LogP contribution >= 0.6 is 0 Å². The number of primary amides is 1. The fourth-order valence-corrected chi connectivity index (χ4v) is 3.86. The molecular weight excluding hydrogens is 284 g/mol. The molecule has 1 aliphatic carbocycles. The van der Waals surface area contributed by atoms with Crippen LogP contribution in [0.15, 0.2) is 48.5 Å². The van der Waals surface area contributed by atoms with Crippen molar-refractivity contribution in [3.05, 3.63) is 70.8 Å². The molecule has 23 heavy (non-hydrogen) atoms. The summed E-state index contributed by atoms with van der Waals surface area (Å²) in [6.45, 7) is 2.24. The Morgan fingerprint density at radius 3 is 2.52 bits per heavy atom. The number of rotatable bonds is 4. The van der Waals surface area contributed by atoms with Crippen molar-refractivity contribution in [2.24, 2.45) is 5.73 Å². The first-order chi connectivity index (χ1) is 11.1. The molecule has 3 nitrogen and oxygen atoms in total. The standard InChI is InChI=1S/C20H24N2O/c1-20(22-2)17-9-5-3-7-15(17)13-14(11-12-19(21)23)16-8-4-6-10-18(16)20/h3-10,14,22H,11-13H2,1-2H3,(H2,21,23)/t14-,20+/m0/s1. The Labute approximate surface area is 137 Å². The highest BCUT2D eigenvalue weighted by molar-refractivity contribution is 5.73. The molecule has 3 heteroatoms. The van der Waals surface area contributed by atoms with E-state index < -0.39 is 0 Å². The molecular formula is C20H24N2O. The van der Waals surface area contributed by atoms with Crippen molar-refractivity contribution in [1.82, 2.24) is 5.32 Å². The highest BCUT2D eigenvalue weighted by Gasteiger charge is 2.36. The van der Waals surface area contributed by atoms with Gasteiger partial charge in [-0.05, 0) is 55.0 Å². The molecule has 3 rings (SSSR count). The topological polar surface area (TPSA) is 55.1 Å². The molecule has 0 radical (unpaired) electrons. The van der Waals surface area contributed by atoms with E-state index in [1.54, 1.807) is 0 Å². The summed E-state index contributed by atoms with van der Waals surface area (Å²) in [6.07, 6.45) is 2.16. The molecule has 0 fully saturated rings. The lowest BCUT2D eigenvalue weighted by molar-refractivity contribution is -0.118. The Morgan fingerprint density at radius 1 is 1.17 bits per heavy atom. The van der Waals surface area contributed by atoms with Gasteiger partial charge in [0.25, 0.3) is 0 Å². The van der Waals surface area contributed by atoms with Crippen molar-refractivity contribution >= 4 is 5.91 Å². The van der Waals surface area contributed by atoms with Crippen molar-refractivity contribution < 1.29 is 4.79 Å². The van der Waals surface area contributed by atoms with Crippen LogP contribution < -0.4 is 11.1 Å². The number of hydrogen-bond acceptors (Lipinski definition) is 2.